The Kier molecular flexibility index (Phi) is 3.38. The summed E-state index contributed by atoms with van der Waals surface area (Å²) in [6, 6.07) is 9.70. The zero-order valence-electron chi connectivity index (χ0n) is 8.11. The molecule has 0 amide bonds. The number of nitrogens with one attached hydrogen (secondary N) is 1. The highest BCUT2D eigenvalue weighted by Crippen LogP contribution is 2.10. The average Bonchev–Trinajstić information content (AvgIpc) is 2.72. The van der Waals surface area contributed by atoms with E-state index < -0.39 is 0 Å². The Labute approximate surface area is 84.0 Å². The van der Waals surface area contributed by atoms with Crippen LogP contribution in [0.15, 0.2) is 30.3 Å². The summed E-state index contributed by atoms with van der Waals surface area (Å²) in [6.45, 7) is 1.37. The van der Waals surface area contributed by atoms with E-state index in [4.69, 9.17) is 9.47 Å². The van der Waals surface area contributed by atoms with Gasteiger partial charge in [-0.15, -0.1) is 0 Å². The SMILES string of the molecule is c1ccc(OCOC2CCCN2)cc1. The monoisotopic (exact) mass is 193 g/mol. The van der Waals surface area contributed by atoms with Gasteiger partial charge in [0.25, 0.3) is 0 Å². The molecule has 0 aromatic heterocycles. The first kappa shape index (κ1) is 9.49. The second-order valence-electron chi connectivity index (χ2n) is 3.33. The minimum Gasteiger partial charge on any atom is -0.467 e. The predicted molar refractivity (Wildman–Crippen MR) is 54.0 cm³/mol. The van der Waals surface area contributed by atoms with Crippen LogP contribution in [0.1, 0.15) is 12.8 Å². The van der Waals surface area contributed by atoms with Gasteiger partial charge < -0.3 is 9.47 Å². The van der Waals surface area contributed by atoms with Crippen LogP contribution in [0, 0.1) is 0 Å². The van der Waals surface area contributed by atoms with Gasteiger partial charge in [0, 0.05) is 0 Å². The van der Waals surface area contributed by atoms with E-state index in [9.17, 15) is 0 Å². The molecule has 1 fully saturated rings. The van der Waals surface area contributed by atoms with E-state index in [1.807, 2.05) is 30.3 Å². The van der Waals surface area contributed by atoms with Gasteiger partial charge >= 0.3 is 0 Å². The quantitative estimate of drug-likeness (QED) is 0.739. The number of hydrogen-bond acceptors (Lipinski definition) is 3. The number of hydrogen-bond donors (Lipinski definition) is 1. The van der Waals surface area contributed by atoms with Crippen molar-refractivity contribution in [2.24, 2.45) is 0 Å². The molecule has 0 radical (unpaired) electrons. The molecule has 1 N–H and O–H groups in total. The van der Waals surface area contributed by atoms with E-state index in [2.05, 4.69) is 5.32 Å². The van der Waals surface area contributed by atoms with Gasteiger partial charge in [-0.2, -0.15) is 0 Å². The average molecular weight is 193 g/mol. The van der Waals surface area contributed by atoms with Gasteiger partial charge in [0.15, 0.2) is 6.79 Å². The molecule has 14 heavy (non-hydrogen) atoms. The van der Waals surface area contributed by atoms with Gasteiger partial charge in [-0.3, -0.25) is 5.32 Å². The van der Waals surface area contributed by atoms with Crippen molar-refractivity contribution < 1.29 is 9.47 Å². The Bertz CT molecular complexity index is 257. The summed E-state index contributed by atoms with van der Waals surface area (Å²) >= 11 is 0. The summed E-state index contributed by atoms with van der Waals surface area (Å²) in [5.41, 5.74) is 0. The van der Waals surface area contributed by atoms with Crippen LogP contribution in [0.4, 0.5) is 0 Å². The van der Waals surface area contributed by atoms with Gasteiger partial charge in [0.1, 0.15) is 12.0 Å². The highest BCUT2D eigenvalue weighted by atomic mass is 16.7. The van der Waals surface area contributed by atoms with E-state index in [0.29, 0.717) is 6.79 Å². The lowest BCUT2D eigenvalue weighted by Gasteiger charge is -2.12. The molecule has 3 heteroatoms. The van der Waals surface area contributed by atoms with Crippen molar-refractivity contribution in [1.29, 1.82) is 0 Å². The van der Waals surface area contributed by atoms with Gasteiger partial charge in [-0.05, 0) is 31.5 Å². The normalized spacial score (nSPS) is 21.0. The summed E-state index contributed by atoms with van der Waals surface area (Å²) in [6.07, 6.45) is 2.45. The first-order valence-electron chi connectivity index (χ1n) is 4.98. The highest BCUT2D eigenvalue weighted by molar-refractivity contribution is 5.20. The van der Waals surface area contributed by atoms with Crippen LogP contribution in [0.5, 0.6) is 5.75 Å². The maximum absolute atomic E-state index is 5.47. The van der Waals surface area contributed by atoms with Crippen molar-refractivity contribution in [1.82, 2.24) is 5.32 Å². The van der Waals surface area contributed by atoms with E-state index in [1.54, 1.807) is 0 Å². The second kappa shape index (κ2) is 4.98. The third kappa shape index (κ3) is 2.72. The lowest BCUT2D eigenvalue weighted by Crippen LogP contribution is -2.26. The van der Waals surface area contributed by atoms with E-state index in [-0.39, 0.29) is 6.23 Å². The third-order valence-corrected chi connectivity index (χ3v) is 2.25. The molecular weight excluding hydrogens is 178 g/mol. The third-order valence-electron chi connectivity index (χ3n) is 2.25. The molecule has 1 unspecified atom stereocenters. The predicted octanol–water partition coefficient (Wildman–Crippen LogP) is 1.75. The Morgan fingerprint density at radius 3 is 2.86 bits per heavy atom. The maximum Gasteiger partial charge on any atom is 0.190 e. The molecule has 1 heterocycles. The zero-order chi connectivity index (χ0) is 9.64. The number of rotatable bonds is 4. The van der Waals surface area contributed by atoms with Gasteiger partial charge in [0.2, 0.25) is 0 Å². The minimum absolute atomic E-state index is 0.179. The molecular formula is C11H15NO2. The van der Waals surface area contributed by atoms with Crippen LogP contribution >= 0.6 is 0 Å². The molecule has 0 saturated carbocycles. The number of para-hydroxylation sites is 1. The van der Waals surface area contributed by atoms with Crippen LogP contribution in [-0.2, 0) is 4.74 Å². The fraction of sp³-hybridized carbons (Fsp3) is 0.455. The minimum atomic E-state index is 0.179. The molecule has 3 nitrogen and oxygen atoms in total. The van der Waals surface area contributed by atoms with Crippen molar-refractivity contribution in [3.8, 4) is 5.75 Å². The van der Waals surface area contributed by atoms with Crippen LogP contribution in [0.25, 0.3) is 0 Å². The molecule has 1 atom stereocenters. The lowest BCUT2D eigenvalue weighted by molar-refractivity contribution is -0.0419. The Balaban J connectivity index is 1.67. The molecule has 0 aliphatic carbocycles. The highest BCUT2D eigenvalue weighted by Gasteiger charge is 2.13. The van der Waals surface area contributed by atoms with Crippen molar-refractivity contribution >= 4 is 0 Å². The molecule has 2 rings (SSSR count). The van der Waals surface area contributed by atoms with Gasteiger partial charge in [0.05, 0.1) is 0 Å². The number of ether oxygens (including phenoxy) is 2. The van der Waals surface area contributed by atoms with E-state index in [1.165, 1.54) is 6.42 Å². The zero-order valence-corrected chi connectivity index (χ0v) is 8.11. The molecule has 0 spiro atoms. The van der Waals surface area contributed by atoms with Crippen molar-refractivity contribution in [2.45, 2.75) is 19.1 Å². The van der Waals surface area contributed by atoms with Crippen LogP contribution < -0.4 is 10.1 Å². The molecule has 76 valence electrons. The summed E-state index contributed by atoms with van der Waals surface area (Å²) in [5, 5.41) is 3.24. The standard InChI is InChI=1S/C11H15NO2/c1-2-5-10(6-3-1)13-9-14-11-7-4-8-12-11/h1-3,5-6,11-12H,4,7-9H2. The first-order valence-corrected chi connectivity index (χ1v) is 4.98. The first-order chi connectivity index (χ1) is 6.95. The summed E-state index contributed by atoms with van der Waals surface area (Å²) in [7, 11) is 0. The largest absolute Gasteiger partial charge is 0.467 e. The van der Waals surface area contributed by atoms with Crippen LogP contribution in [0.3, 0.4) is 0 Å². The van der Waals surface area contributed by atoms with Gasteiger partial charge in [-0.1, -0.05) is 18.2 Å². The van der Waals surface area contributed by atoms with Crippen LogP contribution in [0.2, 0.25) is 0 Å². The summed E-state index contributed by atoms with van der Waals surface area (Å²) in [5.74, 6) is 0.852. The topological polar surface area (TPSA) is 30.5 Å². The van der Waals surface area contributed by atoms with E-state index >= 15 is 0 Å². The van der Waals surface area contributed by atoms with Crippen molar-refractivity contribution in [2.75, 3.05) is 13.3 Å². The van der Waals surface area contributed by atoms with Crippen molar-refractivity contribution in [3.05, 3.63) is 30.3 Å². The lowest BCUT2D eigenvalue weighted by atomic mass is 10.3. The summed E-state index contributed by atoms with van der Waals surface area (Å²) in [4.78, 5) is 0. The Morgan fingerprint density at radius 1 is 1.29 bits per heavy atom. The Morgan fingerprint density at radius 2 is 2.14 bits per heavy atom. The molecule has 1 saturated heterocycles. The smallest absolute Gasteiger partial charge is 0.190 e. The maximum atomic E-state index is 5.47. The fourth-order valence-corrected chi connectivity index (χ4v) is 1.50. The molecule has 1 aliphatic rings. The second-order valence-corrected chi connectivity index (χ2v) is 3.33. The molecule has 1 aliphatic heterocycles. The van der Waals surface area contributed by atoms with E-state index in [0.717, 1.165) is 18.7 Å². The molecule has 1 aromatic rings. The van der Waals surface area contributed by atoms with Crippen LogP contribution in [-0.4, -0.2) is 19.6 Å². The summed E-state index contributed by atoms with van der Waals surface area (Å²) < 4.78 is 10.9. The van der Waals surface area contributed by atoms with Gasteiger partial charge in [-0.25, -0.2) is 0 Å². The van der Waals surface area contributed by atoms with Crippen molar-refractivity contribution in [3.63, 3.8) is 0 Å². The fourth-order valence-electron chi connectivity index (χ4n) is 1.50. The molecule has 0 bridgehead atoms. The Hall–Kier alpha value is -1.06. The molecule has 1 aromatic carbocycles. The number of benzene rings is 1.